The first-order valence-electron chi connectivity index (χ1n) is 8.74. The summed E-state index contributed by atoms with van der Waals surface area (Å²) in [7, 11) is 0. The Hall–Kier alpha value is -1.73. The van der Waals surface area contributed by atoms with Crippen LogP contribution >= 0.6 is 0 Å². The van der Waals surface area contributed by atoms with E-state index in [0.717, 1.165) is 19.6 Å². The highest BCUT2D eigenvalue weighted by molar-refractivity contribution is 5.94. The number of aliphatic hydroxyl groups is 1. The van der Waals surface area contributed by atoms with Gasteiger partial charge in [-0.05, 0) is 56.1 Å². The first-order valence-corrected chi connectivity index (χ1v) is 8.74. The number of halogens is 2. The average molecular weight is 354 g/mol. The number of amides is 1. The second-order valence-electron chi connectivity index (χ2n) is 6.82. The van der Waals surface area contributed by atoms with Crippen LogP contribution in [-0.2, 0) is 0 Å². The van der Waals surface area contributed by atoms with Crippen LogP contribution in [0.25, 0.3) is 0 Å². The van der Waals surface area contributed by atoms with Gasteiger partial charge in [-0.15, -0.1) is 0 Å². The molecular weight excluding hydrogens is 330 g/mol. The van der Waals surface area contributed by atoms with Gasteiger partial charge in [0.2, 0.25) is 0 Å². The highest BCUT2D eigenvalue weighted by Crippen LogP contribution is 2.27. The van der Waals surface area contributed by atoms with Crippen molar-refractivity contribution >= 4 is 5.91 Å². The molecule has 7 heteroatoms. The topological polar surface area (TPSA) is 53.0 Å². The Labute approximate surface area is 146 Å². The Morgan fingerprint density at radius 3 is 2.40 bits per heavy atom. The molecule has 2 aliphatic heterocycles. The van der Waals surface area contributed by atoms with Crippen LogP contribution in [0.3, 0.4) is 0 Å². The lowest BCUT2D eigenvalue weighted by Crippen LogP contribution is -2.32. The van der Waals surface area contributed by atoms with Crippen LogP contribution in [0.5, 0.6) is 5.75 Å². The van der Waals surface area contributed by atoms with E-state index in [0.29, 0.717) is 18.7 Å². The number of carbonyl (C=O) groups is 1. The molecule has 1 N–H and O–H groups in total. The van der Waals surface area contributed by atoms with Crippen molar-refractivity contribution in [3.05, 3.63) is 29.8 Å². The number of benzene rings is 1. The number of alkyl halides is 2. The molecule has 0 aliphatic carbocycles. The van der Waals surface area contributed by atoms with Crippen LogP contribution in [0, 0.1) is 11.8 Å². The summed E-state index contributed by atoms with van der Waals surface area (Å²) >= 11 is 0. The highest BCUT2D eigenvalue weighted by atomic mass is 19.3. The number of hydrogen-bond donors (Lipinski definition) is 1. The summed E-state index contributed by atoms with van der Waals surface area (Å²) in [6.07, 6.45) is 2.43. The van der Waals surface area contributed by atoms with Crippen LogP contribution in [0.1, 0.15) is 23.2 Å². The lowest BCUT2D eigenvalue weighted by atomic mass is 9.96. The zero-order valence-electron chi connectivity index (χ0n) is 14.1. The maximum absolute atomic E-state index is 12.7. The molecule has 5 nitrogen and oxygen atoms in total. The van der Waals surface area contributed by atoms with Gasteiger partial charge in [0, 0.05) is 37.7 Å². The fourth-order valence-corrected chi connectivity index (χ4v) is 3.78. The molecule has 0 spiro atoms. The predicted molar refractivity (Wildman–Crippen MR) is 88.7 cm³/mol. The Bertz CT molecular complexity index is 576. The summed E-state index contributed by atoms with van der Waals surface area (Å²) in [4.78, 5) is 16.8. The van der Waals surface area contributed by atoms with Crippen molar-refractivity contribution in [1.82, 2.24) is 9.80 Å². The van der Waals surface area contributed by atoms with E-state index in [4.69, 9.17) is 0 Å². The Morgan fingerprint density at radius 2 is 1.80 bits per heavy atom. The summed E-state index contributed by atoms with van der Waals surface area (Å²) < 4.78 is 28.7. The van der Waals surface area contributed by atoms with Crippen molar-refractivity contribution in [2.75, 3.05) is 39.3 Å². The molecule has 1 aromatic carbocycles. The van der Waals surface area contributed by atoms with Gasteiger partial charge in [-0.3, -0.25) is 4.79 Å². The third-order valence-electron chi connectivity index (χ3n) is 5.12. The minimum atomic E-state index is -2.88. The van der Waals surface area contributed by atoms with E-state index in [1.807, 2.05) is 0 Å². The molecule has 0 saturated carbocycles. The van der Waals surface area contributed by atoms with E-state index in [9.17, 15) is 18.7 Å². The molecule has 0 unspecified atom stereocenters. The Kier molecular flexibility index (Phi) is 5.86. The molecule has 1 aromatic rings. The van der Waals surface area contributed by atoms with Crippen molar-refractivity contribution in [2.24, 2.45) is 11.8 Å². The van der Waals surface area contributed by atoms with E-state index in [2.05, 4.69) is 9.64 Å². The van der Waals surface area contributed by atoms with Gasteiger partial charge in [-0.2, -0.15) is 8.78 Å². The summed E-state index contributed by atoms with van der Waals surface area (Å²) in [6.45, 7) is 1.44. The molecule has 0 bridgehead atoms. The fraction of sp³-hybridized carbons (Fsp3) is 0.611. The monoisotopic (exact) mass is 354 g/mol. The van der Waals surface area contributed by atoms with Crippen molar-refractivity contribution in [3.63, 3.8) is 0 Å². The Balaban J connectivity index is 1.61. The third kappa shape index (κ3) is 4.46. The highest BCUT2D eigenvalue weighted by Gasteiger charge is 2.36. The summed E-state index contributed by atoms with van der Waals surface area (Å²) in [5.41, 5.74) is 0.445. The molecule has 2 aliphatic rings. The molecule has 2 heterocycles. The van der Waals surface area contributed by atoms with Gasteiger partial charge < -0.3 is 19.6 Å². The molecular formula is C18H24F2N2O3. The number of ether oxygens (including phenoxy) is 1. The lowest BCUT2D eigenvalue weighted by Gasteiger charge is -2.22. The summed E-state index contributed by atoms with van der Waals surface area (Å²) in [6, 6.07) is 5.75. The standard InChI is InChI=1S/C18H24F2N2O3/c19-18(20)25-16-5-3-13(4-6-16)17(24)22-10-14(15(11-22)12-23)9-21-7-1-2-8-21/h3-6,14-15,18,23H,1-2,7-12H2/t14-,15-/m0/s1. The number of nitrogens with zero attached hydrogens (tertiary/aromatic N) is 2. The van der Waals surface area contributed by atoms with E-state index >= 15 is 0 Å². The van der Waals surface area contributed by atoms with Gasteiger partial charge >= 0.3 is 6.61 Å². The number of carbonyl (C=O) groups excluding carboxylic acids is 1. The van der Waals surface area contributed by atoms with Crippen molar-refractivity contribution in [2.45, 2.75) is 19.5 Å². The molecule has 0 aromatic heterocycles. The summed E-state index contributed by atoms with van der Waals surface area (Å²) in [5, 5.41) is 9.66. The largest absolute Gasteiger partial charge is 0.435 e. The zero-order valence-corrected chi connectivity index (χ0v) is 14.1. The molecule has 2 atom stereocenters. The molecule has 25 heavy (non-hydrogen) atoms. The van der Waals surface area contributed by atoms with Crippen LogP contribution in [0.15, 0.2) is 24.3 Å². The lowest BCUT2D eigenvalue weighted by molar-refractivity contribution is -0.0498. The van der Waals surface area contributed by atoms with Gasteiger partial charge in [0.05, 0.1) is 0 Å². The van der Waals surface area contributed by atoms with Gasteiger partial charge in [0.15, 0.2) is 0 Å². The molecule has 138 valence electrons. The molecule has 2 fully saturated rings. The van der Waals surface area contributed by atoms with Gasteiger partial charge in [-0.1, -0.05) is 0 Å². The normalized spacial score (nSPS) is 24.2. The smallest absolute Gasteiger partial charge is 0.387 e. The fourth-order valence-electron chi connectivity index (χ4n) is 3.78. The SMILES string of the molecule is O=C(c1ccc(OC(F)F)cc1)N1C[C@@H](CO)[C@@H](CN2CCCC2)C1. The third-order valence-corrected chi connectivity index (χ3v) is 5.12. The number of likely N-dealkylation sites (tertiary alicyclic amines) is 2. The zero-order chi connectivity index (χ0) is 17.8. The molecule has 1 amide bonds. The van der Waals surface area contributed by atoms with E-state index in [1.54, 1.807) is 4.90 Å². The summed E-state index contributed by atoms with van der Waals surface area (Å²) in [5.74, 6) is 0.263. The minimum absolute atomic E-state index is 0.0353. The van der Waals surface area contributed by atoms with Crippen molar-refractivity contribution in [1.29, 1.82) is 0 Å². The van der Waals surface area contributed by atoms with Crippen molar-refractivity contribution < 1.29 is 23.4 Å². The quantitative estimate of drug-likeness (QED) is 0.850. The first-order chi connectivity index (χ1) is 12.1. The van der Waals surface area contributed by atoms with Crippen molar-refractivity contribution in [3.8, 4) is 5.75 Å². The maximum Gasteiger partial charge on any atom is 0.387 e. The second kappa shape index (κ2) is 8.10. The number of aliphatic hydroxyl groups excluding tert-OH is 1. The van der Waals surface area contributed by atoms with Crippen LogP contribution in [0.4, 0.5) is 8.78 Å². The Morgan fingerprint density at radius 1 is 1.16 bits per heavy atom. The molecule has 2 saturated heterocycles. The van der Waals surface area contributed by atoms with Crippen LogP contribution in [0.2, 0.25) is 0 Å². The second-order valence-corrected chi connectivity index (χ2v) is 6.82. The predicted octanol–water partition coefficient (Wildman–Crippen LogP) is 2.06. The average Bonchev–Trinajstić information content (AvgIpc) is 3.24. The van der Waals surface area contributed by atoms with Gasteiger partial charge in [0.25, 0.3) is 5.91 Å². The van der Waals surface area contributed by atoms with E-state index in [1.165, 1.54) is 37.1 Å². The molecule has 3 rings (SSSR count). The van der Waals surface area contributed by atoms with Gasteiger partial charge in [-0.25, -0.2) is 0 Å². The maximum atomic E-state index is 12.7. The van der Waals surface area contributed by atoms with Crippen LogP contribution in [-0.4, -0.2) is 66.8 Å². The van der Waals surface area contributed by atoms with Gasteiger partial charge in [0.1, 0.15) is 5.75 Å². The number of hydrogen-bond acceptors (Lipinski definition) is 4. The van der Waals surface area contributed by atoms with Crippen LogP contribution < -0.4 is 4.74 Å². The van der Waals surface area contributed by atoms with E-state index < -0.39 is 6.61 Å². The number of rotatable bonds is 6. The molecule has 0 radical (unpaired) electrons. The van der Waals surface area contributed by atoms with E-state index in [-0.39, 0.29) is 30.1 Å². The minimum Gasteiger partial charge on any atom is -0.435 e. The first kappa shape index (κ1) is 18.1.